The number of aromatic nitrogens is 2. The first-order valence-corrected chi connectivity index (χ1v) is 9.33. The van der Waals surface area contributed by atoms with Crippen LogP contribution in [0.2, 0.25) is 10.0 Å². The molecule has 1 aromatic heterocycles. The van der Waals surface area contributed by atoms with Crippen LogP contribution < -0.4 is 10.9 Å². The largest absolute Gasteiger partial charge is 0.354 e. The normalized spacial score (nSPS) is 10.9. The second-order valence-electron chi connectivity index (χ2n) is 5.72. The van der Waals surface area contributed by atoms with E-state index in [4.69, 9.17) is 23.2 Å². The lowest BCUT2D eigenvalue weighted by atomic mass is 10.1. The quantitative estimate of drug-likeness (QED) is 0.637. The van der Waals surface area contributed by atoms with Gasteiger partial charge in [-0.15, -0.1) is 0 Å². The summed E-state index contributed by atoms with van der Waals surface area (Å²) >= 11 is 15.2. The lowest BCUT2D eigenvalue weighted by molar-refractivity contribution is -0.121. The molecular weight excluding hydrogens is 441 g/mol. The monoisotopic (exact) mass is 453 g/mol. The number of amides is 1. The molecule has 134 valence electrons. The Morgan fingerprint density at radius 2 is 1.88 bits per heavy atom. The van der Waals surface area contributed by atoms with Gasteiger partial charge in [-0.3, -0.25) is 14.2 Å². The number of hydrogen-bond donors (Lipinski definition) is 1. The first-order valence-electron chi connectivity index (χ1n) is 7.79. The van der Waals surface area contributed by atoms with Gasteiger partial charge in [0.25, 0.3) is 5.56 Å². The summed E-state index contributed by atoms with van der Waals surface area (Å²) in [4.78, 5) is 28.8. The minimum atomic E-state index is -0.267. The molecule has 0 unspecified atom stereocenters. The van der Waals surface area contributed by atoms with Gasteiger partial charge in [-0.05, 0) is 48.4 Å². The standard InChI is InChI=1S/C18H14BrCl2N3O2/c19-12-1-2-16-15(7-12)18(26)24(10-23-16)9-17(25)22-4-3-11-5-13(20)8-14(21)6-11/h1-2,5-8,10H,3-4,9H2,(H,22,25). The molecule has 0 spiro atoms. The van der Waals surface area contributed by atoms with Crippen molar-refractivity contribution in [2.75, 3.05) is 6.54 Å². The smallest absolute Gasteiger partial charge is 0.261 e. The van der Waals surface area contributed by atoms with E-state index in [0.717, 1.165) is 10.0 Å². The summed E-state index contributed by atoms with van der Waals surface area (Å²) in [6.07, 6.45) is 1.97. The lowest BCUT2D eigenvalue weighted by Crippen LogP contribution is -2.33. The molecule has 0 fully saturated rings. The van der Waals surface area contributed by atoms with Crippen molar-refractivity contribution in [3.05, 3.63) is 73.2 Å². The highest BCUT2D eigenvalue weighted by Crippen LogP contribution is 2.19. The topological polar surface area (TPSA) is 64.0 Å². The number of hydrogen-bond acceptors (Lipinski definition) is 3. The van der Waals surface area contributed by atoms with Crippen LogP contribution in [0.15, 0.2) is 52.0 Å². The van der Waals surface area contributed by atoms with E-state index >= 15 is 0 Å². The molecule has 0 atom stereocenters. The predicted molar refractivity (Wildman–Crippen MR) is 107 cm³/mol. The number of nitrogens with one attached hydrogen (secondary N) is 1. The Labute approximate surface area is 168 Å². The van der Waals surface area contributed by atoms with Crippen molar-refractivity contribution in [3.8, 4) is 0 Å². The van der Waals surface area contributed by atoms with Crippen LogP contribution in [0.3, 0.4) is 0 Å². The van der Waals surface area contributed by atoms with Crippen molar-refractivity contribution in [2.24, 2.45) is 0 Å². The summed E-state index contributed by atoms with van der Waals surface area (Å²) < 4.78 is 2.08. The lowest BCUT2D eigenvalue weighted by Gasteiger charge is -2.09. The van der Waals surface area contributed by atoms with Crippen LogP contribution in [0.5, 0.6) is 0 Å². The molecule has 2 aromatic carbocycles. The second-order valence-corrected chi connectivity index (χ2v) is 7.51. The number of halogens is 3. The highest BCUT2D eigenvalue weighted by Gasteiger charge is 2.08. The van der Waals surface area contributed by atoms with Gasteiger partial charge in [0, 0.05) is 21.1 Å². The summed E-state index contributed by atoms with van der Waals surface area (Å²) in [6, 6.07) is 10.5. The summed E-state index contributed by atoms with van der Waals surface area (Å²) in [6.45, 7) is 0.321. The number of benzene rings is 2. The van der Waals surface area contributed by atoms with Crippen LogP contribution in [0.4, 0.5) is 0 Å². The first kappa shape index (κ1) is 18.9. The summed E-state index contributed by atoms with van der Waals surface area (Å²) in [5, 5.41) is 4.35. The highest BCUT2D eigenvalue weighted by atomic mass is 79.9. The van der Waals surface area contributed by atoms with Crippen molar-refractivity contribution in [2.45, 2.75) is 13.0 Å². The van der Waals surface area contributed by atoms with Gasteiger partial charge in [-0.1, -0.05) is 39.1 Å². The van der Waals surface area contributed by atoms with Crippen molar-refractivity contribution in [1.29, 1.82) is 0 Å². The van der Waals surface area contributed by atoms with Gasteiger partial charge in [0.05, 0.1) is 17.2 Å². The Morgan fingerprint density at radius 3 is 2.62 bits per heavy atom. The SMILES string of the molecule is O=C(Cn1cnc2ccc(Br)cc2c1=O)NCCc1cc(Cl)cc(Cl)c1. The average Bonchev–Trinajstić information content (AvgIpc) is 2.57. The van der Waals surface area contributed by atoms with Gasteiger partial charge in [-0.25, -0.2) is 4.98 Å². The molecule has 1 amide bonds. The van der Waals surface area contributed by atoms with E-state index in [1.807, 2.05) is 6.07 Å². The van der Waals surface area contributed by atoms with E-state index < -0.39 is 0 Å². The Morgan fingerprint density at radius 1 is 1.15 bits per heavy atom. The van der Waals surface area contributed by atoms with Crippen LogP contribution in [-0.2, 0) is 17.8 Å². The Kier molecular flexibility index (Phi) is 5.96. The molecule has 0 aliphatic carbocycles. The molecule has 0 saturated carbocycles. The number of carbonyl (C=O) groups is 1. The van der Waals surface area contributed by atoms with Crippen LogP contribution in [0.1, 0.15) is 5.56 Å². The zero-order valence-corrected chi connectivity index (χ0v) is 16.6. The fourth-order valence-electron chi connectivity index (χ4n) is 2.56. The third-order valence-electron chi connectivity index (χ3n) is 3.76. The van der Waals surface area contributed by atoms with E-state index in [2.05, 4.69) is 26.2 Å². The first-order chi connectivity index (χ1) is 12.4. The molecule has 1 heterocycles. The number of nitrogens with zero attached hydrogens (tertiary/aromatic N) is 2. The van der Waals surface area contributed by atoms with Crippen LogP contribution >= 0.6 is 39.1 Å². The third-order valence-corrected chi connectivity index (χ3v) is 4.69. The number of fused-ring (bicyclic) bond motifs is 1. The van der Waals surface area contributed by atoms with E-state index in [-0.39, 0.29) is 18.0 Å². The molecule has 0 aliphatic rings. The van der Waals surface area contributed by atoms with Crippen LogP contribution in [-0.4, -0.2) is 22.0 Å². The van der Waals surface area contributed by atoms with E-state index in [0.29, 0.717) is 33.9 Å². The number of rotatable bonds is 5. The fourth-order valence-corrected chi connectivity index (χ4v) is 3.49. The fraction of sp³-hybridized carbons (Fsp3) is 0.167. The molecule has 1 N–H and O–H groups in total. The molecule has 3 rings (SSSR count). The zero-order valence-electron chi connectivity index (χ0n) is 13.5. The molecular formula is C18H14BrCl2N3O2. The van der Waals surface area contributed by atoms with Crippen LogP contribution in [0.25, 0.3) is 10.9 Å². The third kappa shape index (κ3) is 4.63. The van der Waals surface area contributed by atoms with Crippen molar-refractivity contribution >= 4 is 55.9 Å². The molecule has 26 heavy (non-hydrogen) atoms. The molecule has 8 heteroatoms. The van der Waals surface area contributed by atoms with Gasteiger partial charge < -0.3 is 5.32 Å². The maximum atomic E-state index is 12.5. The predicted octanol–water partition coefficient (Wildman–Crippen LogP) is 3.82. The molecule has 0 bridgehead atoms. The van der Waals surface area contributed by atoms with Crippen molar-refractivity contribution in [1.82, 2.24) is 14.9 Å². The molecule has 0 saturated heterocycles. The van der Waals surface area contributed by atoms with E-state index in [9.17, 15) is 9.59 Å². The minimum absolute atomic E-state index is 0.0927. The molecule has 0 radical (unpaired) electrons. The van der Waals surface area contributed by atoms with Crippen LogP contribution in [0, 0.1) is 0 Å². The van der Waals surface area contributed by atoms with Gasteiger partial charge in [0.1, 0.15) is 6.54 Å². The number of carbonyl (C=O) groups excluding carboxylic acids is 1. The van der Waals surface area contributed by atoms with Crippen molar-refractivity contribution < 1.29 is 4.79 Å². The zero-order chi connectivity index (χ0) is 18.7. The average molecular weight is 455 g/mol. The highest BCUT2D eigenvalue weighted by molar-refractivity contribution is 9.10. The van der Waals surface area contributed by atoms with E-state index in [1.54, 1.807) is 30.3 Å². The van der Waals surface area contributed by atoms with Gasteiger partial charge in [0.15, 0.2) is 0 Å². The summed E-state index contributed by atoms with van der Waals surface area (Å²) in [7, 11) is 0. The molecule has 3 aromatic rings. The minimum Gasteiger partial charge on any atom is -0.354 e. The Hall–Kier alpha value is -1.89. The summed E-state index contributed by atoms with van der Waals surface area (Å²) in [5.74, 6) is -0.267. The maximum Gasteiger partial charge on any atom is 0.261 e. The van der Waals surface area contributed by atoms with Gasteiger partial charge in [0.2, 0.25) is 5.91 Å². The molecule has 5 nitrogen and oxygen atoms in total. The summed E-state index contributed by atoms with van der Waals surface area (Å²) in [5.41, 5.74) is 1.26. The van der Waals surface area contributed by atoms with Gasteiger partial charge >= 0.3 is 0 Å². The van der Waals surface area contributed by atoms with Gasteiger partial charge in [-0.2, -0.15) is 0 Å². The molecule has 0 aliphatic heterocycles. The maximum absolute atomic E-state index is 12.5. The second kappa shape index (κ2) is 8.20. The van der Waals surface area contributed by atoms with Crippen molar-refractivity contribution in [3.63, 3.8) is 0 Å². The Balaban J connectivity index is 1.64. The Bertz CT molecular complexity index is 1020. The van der Waals surface area contributed by atoms with E-state index in [1.165, 1.54) is 10.9 Å².